The molecule has 8 nitrogen and oxygen atoms in total. The molecule has 0 aliphatic carbocycles. The van der Waals surface area contributed by atoms with E-state index in [1.165, 1.54) is 18.3 Å². The Kier molecular flexibility index (Phi) is 5.37. The van der Waals surface area contributed by atoms with Gasteiger partial charge in [-0.3, -0.25) is 18.7 Å². The number of imidazole rings is 1. The summed E-state index contributed by atoms with van der Waals surface area (Å²) in [5.74, 6) is -0.358. The number of hydrogen-bond donors (Lipinski definition) is 2. The number of carbonyl (C=O) groups excluding carboxylic acids is 2. The maximum absolute atomic E-state index is 12.7. The van der Waals surface area contributed by atoms with E-state index < -0.39 is 0 Å². The smallest absolute Gasteiger partial charge is 0.326 e. The van der Waals surface area contributed by atoms with Crippen LogP contribution in [0.4, 0.5) is 10.8 Å². The highest BCUT2D eigenvalue weighted by Crippen LogP contribution is 2.28. The van der Waals surface area contributed by atoms with Gasteiger partial charge in [0.2, 0.25) is 11.8 Å². The topological polar surface area (TPSA) is 98.0 Å². The summed E-state index contributed by atoms with van der Waals surface area (Å²) in [5.41, 5.74) is 3.00. The van der Waals surface area contributed by atoms with Crippen LogP contribution < -0.4 is 16.3 Å². The summed E-state index contributed by atoms with van der Waals surface area (Å²) in [5, 5.41) is 6.02. The van der Waals surface area contributed by atoms with Crippen LogP contribution in [0.1, 0.15) is 20.3 Å². The molecule has 2 N–H and O–H groups in total. The SMILES string of the molecule is CCn1c(=O)n(CCC(=O)Nc2nc3ccc(NC(C)=O)cc3s2)c2ccccc21. The monoisotopic (exact) mass is 423 g/mol. The lowest BCUT2D eigenvalue weighted by Crippen LogP contribution is -2.25. The van der Waals surface area contributed by atoms with Gasteiger partial charge in [-0.2, -0.15) is 0 Å². The molecule has 0 spiro atoms. The van der Waals surface area contributed by atoms with Gasteiger partial charge in [0.1, 0.15) is 0 Å². The number of carbonyl (C=O) groups is 2. The molecule has 0 aliphatic rings. The molecule has 2 amide bonds. The third kappa shape index (κ3) is 3.84. The van der Waals surface area contributed by atoms with Crippen LogP contribution in [0.5, 0.6) is 0 Å². The van der Waals surface area contributed by atoms with Gasteiger partial charge in [-0.1, -0.05) is 23.5 Å². The van der Waals surface area contributed by atoms with Crippen molar-refractivity contribution < 1.29 is 9.59 Å². The number of hydrogen-bond acceptors (Lipinski definition) is 5. The normalized spacial score (nSPS) is 11.1. The molecule has 4 aromatic rings. The fraction of sp³-hybridized carbons (Fsp3) is 0.238. The average Bonchev–Trinajstić information content (AvgIpc) is 3.22. The van der Waals surface area contributed by atoms with Crippen molar-refractivity contribution in [1.82, 2.24) is 14.1 Å². The van der Waals surface area contributed by atoms with Gasteiger partial charge in [-0.25, -0.2) is 9.78 Å². The molecule has 0 saturated heterocycles. The summed E-state index contributed by atoms with van der Waals surface area (Å²) in [4.78, 5) is 40.8. The van der Waals surface area contributed by atoms with Crippen molar-refractivity contribution >= 4 is 55.2 Å². The predicted octanol–water partition coefficient (Wildman–Crippen LogP) is 3.42. The minimum Gasteiger partial charge on any atom is -0.326 e. The summed E-state index contributed by atoms with van der Waals surface area (Å²) in [6, 6.07) is 13.0. The van der Waals surface area contributed by atoms with Crippen LogP contribution in [-0.4, -0.2) is 25.9 Å². The Morgan fingerprint density at radius 1 is 1.07 bits per heavy atom. The second-order valence-electron chi connectivity index (χ2n) is 6.85. The number of thiazole rings is 1. The van der Waals surface area contributed by atoms with Gasteiger partial charge in [-0.05, 0) is 37.3 Å². The van der Waals surface area contributed by atoms with Crippen LogP contribution in [0, 0.1) is 0 Å². The quantitative estimate of drug-likeness (QED) is 0.496. The van der Waals surface area contributed by atoms with Gasteiger partial charge in [0, 0.05) is 32.1 Å². The van der Waals surface area contributed by atoms with E-state index in [9.17, 15) is 14.4 Å². The van der Waals surface area contributed by atoms with Crippen molar-refractivity contribution in [3.05, 3.63) is 52.9 Å². The maximum Gasteiger partial charge on any atom is 0.329 e. The van der Waals surface area contributed by atoms with E-state index in [4.69, 9.17) is 0 Å². The molecule has 4 rings (SSSR count). The number of fused-ring (bicyclic) bond motifs is 2. The number of nitrogens with zero attached hydrogens (tertiary/aromatic N) is 3. The van der Waals surface area contributed by atoms with Gasteiger partial charge in [-0.15, -0.1) is 0 Å². The Labute approximate surface area is 176 Å². The number of rotatable bonds is 6. The van der Waals surface area contributed by atoms with Gasteiger partial charge in [0.25, 0.3) is 0 Å². The summed E-state index contributed by atoms with van der Waals surface area (Å²) in [6.45, 7) is 4.24. The van der Waals surface area contributed by atoms with Crippen LogP contribution in [0.3, 0.4) is 0 Å². The van der Waals surface area contributed by atoms with Crippen LogP contribution in [-0.2, 0) is 22.7 Å². The van der Waals surface area contributed by atoms with Crippen LogP contribution in [0.2, 0.25) is 0 Å². The number of aromatic nitrogens is 3. The Hall–Kier alpha value is -3.46. The molecule has 2 aromatic carbocycles. The van der Waals surface area contributed by atoms with Crippen LogP contribution in [0.25, 0.3) is 21.3 Å². The predicted molar refractivity (Wildman–Crippen MR) is 119 cm³/mol. The van der Waals surface area contributed by atoms with E-state index >= 15 is 0 Å². The molecule has 0 radical (unpaired) electrons. The van der Waals surface area contributed by atoms with E-state index in [1.807, 2.05) is 37.3 Å². The number of para-hydroxylation sites is 2. The third-order valence-corrected chi connectivity index (χ3v) is 5.69. The van der Waals surface area contributed by atoms with Gasteiger partial charge in [0.05, 0.1) is 21.3 Å². The highest BCUT2D eigenvalue weighted by molar-refractivity contribution is 7.22. The first-order chi connectivity index (χ1) is 14.5. The number of nitrogens with one attached hydrogen (secondary N) is 2. The van der Waals surface area contributed by atoms with Crippen LogP contribution in [0.15, 0.2) is 47.3 Å². The lowest BCUT2D eigenvalue weighted by molar-refractivity contribution is -0.116. The molecule has 2 aromatic heterocycles. The van der Waals surface area contributed by atoms with E-state index in [2.05, 4.69) is 15.6 Å². The Morgan fingerprint density at radius 2 is 1.80 bits per heavy atom. The zero-order chi connectivity index (χ0) is 21.3. The van der Waals surface area contributed by atoms with Gasteiger partial charge < -0.3 is 10.6 Å². The highest BCUT2D eigenvalue weighted by atomic mass is 32.1. The molecule has 0 atom stereocenters. The van der Waals surface area contributed by atoms with Gasteiger partial charge in [0.15, 0.2) is 5.13 Å². The second kappa shape index (κ2) is 8.11. The fourth-order valence-electron chi connectivity index (χ4n) is 3.45. The van der Waals surface area contributed by atoms with Crippen molar-refractivity contribution in [2.75, 3.05) is 10.6 Å². The van der Waals surface area contributed by atoms with E-state index in [1.54, 1.807) is 21.3 Å². The average molecular weight is 423 g/mol. The molecule has 2 heterocycles. The first-order valence-corrected chi connectivity index (χ1v) is 10.4. The molecule has 0 aliphatic heterocycles. The van der Waals surface area contributed by atoms with Crippen molar-refractivity contribution in [1.29, 1.82) is 0 Å². The summed E-state index contributed by atoms with van der Waals surface area (Å²) < 4.78 is 4.20. The summed E-state index contributed by atoms with van der Waals surface area (Å²) >= 11 is 1.33. The first-order valence-electron chi connectivity index (χ1n) is 9.62. The number of amides is 2. The molecule has 0 saturated carbocycles. The molecule has 0 bridgehead atoms. The third-order valence-electron chi connectivity index (χ3n) is 4.76. The van der Waals surface area contributed by atoms with E-state index in [-0.39, 0.29) is 30.5 Å². The summed E-state index contributed by atoms with van der Waals surface area (Å²) in [6.07, 6.45) is 0.157. The molecule has 30 heavy (non-hydrogen) atoms. The minimum atomic E-state index is -0.212. The first kappa shape index (κ1) is 19.8. The Morgan fingerprint density at radius 3 is 2.50 bits per heavy atom. The number of anilines is 2. The fourth-order valence-corrected chi connectivity index (χ4v) is 4.37. The standard InChI is InChI=1S/C21H21N5O3S/c1-3-25-16-6-4-5-7-17(16)26(21(25)29)11-10-19(28)24-20-23-15-9-8-14(22-13(2)27)12-18(15)30-20/h4-9,12H,3,10-11H2,1-2H3,(H,22,27)(H,23,24,28). The van der Waals surface area contributed by atoms with Crippen molar-refractivity contribution in [2.24, 2.45) is 0 Å². The minimum absolute atomic E-state index is 0.114. The highest BCUT2D eigenvalue weighted by Gasteiger charge is 2.14. The van der Waals surface area contributed by atoms with Crippen molar-refractivity contribution in [3.8, 4) is 0 Å². The molecule has 0 unspecified atom stereocenters. The number of aryl methyl sites for hydroxylation is 2. The zero-order valence-corrected chi connectivity index (χ0v) is 17.5. The molecule has 154 valence electrons. The van der Waals surface area contributed by atoms with Crippen molar-refractivity contribution in [3.63, 3.8) is 0 Å². The zero-order valence-electron chi connectivity index (χ0n) is 16.6. The van der Waals surface area contributed by atoms with E-state index in [0.29, 0.717) is 17.4 Å². The van der Waals surface area contributed by atoms with Crippen molar-refractivity contribution in [2.45, 2.75) is 33.4 Å². The maximum atomic E-state index is 12.7. The Balaban J connectivity index is 1.48. The molecular weight excluding hydrogens is 402 g/mol. The second-order valence-corrected chi connectivity index (χ2v) is 7.88. The van der Waals surface area contributed by atoms with Crippen LogP contribution >= 0.6 is 11.3 Å². The van der Waals surface area contributed by atoms with Gasteiger partial charge >= 0.3 is 5.69 Å². The summed E-state index contributed by atoms with van der Waals surface area (Å²) in [7, 11) is 0. The lowest BCUT2D eigenvalue weighted by atomic mass is 10.3. The molecule has 0 fully saturated rings. The molecular formula is C21H21N5O3S. The molecule has 9 heteroatoms. The Bertz CT molecular complexity index is 1320. The van der Waals surface area contributed by atoms with E-state index in [0.717, 1.165) is 21.3 Å². The largest absolute Gasteiger partial charge is 0.329 e. The number of benzene rings is 2. The lowest BCUT2D eigenvalue weighted by Gasteiger charge is -2.03.